The number of fused-ring (bicyclic) bond motifs is 1. The van der Waals surface area contributed by atoms with Gasteiger partial charge in [0.05, 0.1) is 17.2 Å². The van der Waals surface area contributed by atoms with Crippen molar-refractivity contribution in [1.29, 1.82) is 0 Å². The topological polar surface area (TPSA) is 86.7 Å². The quantitative estimate of drug-likeness (QED) is 0.404. The van der Waals surface area contributed by atoms with Crippen LogP contribution in [0.25, 0.3) is 22.2 Å². The molecular formula is C25H30N8. The van der Waals surface area contributed by atoms with Crippen LogP contribution in [0.4, 0.5) is 11.8 Å². The summed E-state index contributed by atoms with van der Waals surface area (Å²) in [5.41, 5.74) is 5.47. The summed E-state index contributed by atoms with van der Waals surface area (Å²) in [6.45, 7) is 6.24. The van der Waals surface area contributed by atoms with Crippen LogP contribution in [0.3, 0.4) is 0 Å². The molecular weight excluding hydrogens is 412 g/mol. The average molecular weight is 443 g/mol. The first-order valence-electron chi connectivity index (χ1n) is 12.0. The van der Waals surface area contributed by atoms with Crippen molar-refractivity contribution in [2.75, 3.05) is 31.5 Å². The van der Waals surface area contributed by atoms with Crippen LogP contribution in [-0.2, 0) is 13.1 Å². The van der Waals surface area contributed by atoms with Gasteiger partial charge < -0.3 is 15.6 Å². The Morgan fingerprint density at radius 1 is 1.06 bits per heavy atom. The lowest BCUT2D eigenvalue weighted by Crippen LogP contribution is -2.42. The van der Waals surface area contributed by atoms with E-state index in [1.54, 1.807) is 0 Å². The Hall–Kier alpha value is -3.23. The molecule has 3 aromatic heterocycles. The predicted molar refractivity (Wildman–Crippen MR) is 130 cm³/mol. The molecule has 1 saturated heterocycles. The third kappa shape index (κ3) is 4.62. The largest absolute Gasteiger partial charge is 0.324 e. The van der Waals surface area contributed by atoms with Crippen molar-refractivity contribution in [2.45, 2.75) is 32.4 Å². The van der Waals surface area contributed by atoms with Crippen LogP contribution in [-0.4, -0.2) is 55.8 Å². The number of rotatable bonds is 7. The highest BCUT2D eigenvalue weighted by atomic mass is 15.3. The predicted octanol–water partition coefficient (Wildman–Crippen LogP) is 3.77. The van der Waals surface area contributed by atoms with Crippen LogP contribution in [0.1, 0.15) is 24.8 Å². The molecule has 8 nitrogen and oxygen atoms in total. The van der Waals surface area contributed by atoms with Crippen molar-refractivity contribution < 1.29 is 0 Å². The van der Waals surface area contributed by atoms with Crippen molar-refractivity contribution in [2.24, 2.45) is 5.92 Å². The molecule has 0 atom stereocenters. The second-order valence-electron chi connectivity index (χ2n) is 9.27. The maximum atomic E-state index is 4.71. The van der Waals surface area contributed by atoms with Gasteiger partial charge in [0.2, 0.25) is 5.95 Å². The summed E-state index contributed by atoms with van der Waals surface area (Å²) in [5.74, 6) is 2.30. The van der Waals surface area contributed by atoms with Crippen molar-refractivity contribution in [1.82, 2.24) is 34.9 Å². The Balaban J connectivity index is 1.16. The number of aromatic amines is 1. The van der Waals surface area contributed by atoms with E-state index >= 15 is 0 Å². The van der Waals surface area contributed by atoms with Gasteiger partial charge in [0, 0.05) is 57.2 Å². The molecule has 0 spiro atoms. The zero-order valence-electron chi connectivity index (χ0n) is 18.8. The van der Waals surface area contributed by atoms with E-state index in [0.717, 1.165) is 73.2 Å². The first kappa shape index (κ1) is 20.4. The van der Waals surface area contributed by atoms with Crippen LogP contribution in [0.2, 0.25) is 0 Å². The highest BCUT2D eigenvalue weighted by molar-refractivity contribution is 5.83. The van der Waals surface area contributed by atoms with Crippen LogP contribution < -0.4 is 10.6 Å². The van der Waals surface area contributed by atoms with E-state index in [2.05, 4.69) is 71.8 Å². The molecule has 2 fully saturated rings. The molecule has 4 aromatic rings. The summed E-state index contributed by atoms with van der Waals surface area (Å²) in [4.78, 5) is 15.1. The van der Waals surface area contributed by atoms with Crippen LogP contribution in [0, 0.1) is 5.92 Å². The third-order valence-electron chi connectivity index (χ3n) is 6.81. The molecule has 4 heterocycles. The SMILES string of the molecule is c1cc(CN2CCNCC2)cc(Nc2nc3ccc(-c4cnn(CC5CCC5)c4)cc3[nH]2)n1. The Morgan fingerprint density at radius 3 is 2.82 bits per heavy atom. The smallest absolute Gasteiger partial charge is 0.206 e. The minimum absolute atomic E-state index is 0.703. The normalized spacial score (nSPS) is 17.3. The third-order valence-corrected chi connectivity index (χ3v) is 6.81. The Kier molecular flexibility index (Phi) is 5.53. The van der Waals surface area contributed by atoms with E-state index in [1.165, 1.54) is 24.8 Å². The van der Waals surface area contributed by atoms with Gasteiger partial charge in [0.25, 0.3) is 0 Å². The van der Waals surface area contributed by atoms with Gasteiger partial charge in [-0.2, -0.15) is 5.10 Å². The fraction of sp³-hybridized carbons (Fsp3) is 0.400. The number of benzene rings is 1. The van der Waals surface area contributed by atoms with E-state index in [9.17, 15) is 0 Å². The Labute approximate surface area is 193 Å². The molecule has 170 valence electrons. The van der Waals surface area contributed by atoms with Crippen molar-refractivity contribution in [3.8, 4) is 11.1 Å². The maximum Gasteiger partial charge on any atom is 0.206 e. The molecule has 1 aliphatic carbocycles. The van der Waals surface area contributed by atoms with E-state index < -0.39 is 0 Å². The fourth-order valence-electron chi connectivity index (χ4n) is 4.69. The Bertz CT molecular complexity index is 1230. The van der Waals surface area contributed by atoms with Gasteiger partial charge in [-0.15, -0.1) is 0 Å². The number of anilines is 2. The number of H-pyrrole nitrogens is 1. The van der Waals surface area contributed by atoms with Crippen LogP contribution in [0.15, 0.2) is 48.9 Å². The average Bonchev–Trinajstić information content (AvgIpc) is 3.43. The van der Waals surface area contributed by atoms with Gasteiger partial charge in [0.15, 0.2) is 0 Å². The monoisotopic (exact) mass is 442 g/mol. The number of aromatic nitrogens is 5. The molecule has 0 bridgehead atoms. The molecule has 6 rings (SSSR count). The van der Waals surface area contributed by atoms with Gasteiger partial charge in [-0.3, -0.25) is 9.58 Å². The van der Waals surface area contributed by atoms with E-state index in [0.29, 0.717) is 5.95 Å². The summed E-state index contributed by atoms with van der Waals surface area (Å²) < 4.78 is 2.09. The molecule has 33 heavy (non-hydrogen) atoms. The fourth-order valence-corrected chi connectivity index (χ4v) is 4.69. The highest BCUT2D eigenvalue weighted by Crippen LogP contribution is 2.29. The van der Waals surface area contributed by atoms with Crippen LogP contribution in [0.5, 0.6) is 0 Å². The van der Waals surface area contributed by atoms with Gasteiger partial charge in [-0.1, -0.05) is 12.5 Å². The van der Waals surface area contributed by atoms with Gasteiger partial charge >= 0.3 is 0 Å². The summed E-state index contributed by atoms with van der Waals surface area (Å²) >= 11 is 0. The second-order valence-corrected chi connectivity index (χ2v) is 9.27. The second kappa shape index (κ2) is 8.96. The molecule has 1 aromatic carbocycles. The summed E-state index contributed by atoms with van der Waals surface area (Å²) in [6, 6.07) is 10.5. The lowest BCUT2D eigenvalue weighted by Gasteiger charge is -2.27. The van der Waals surface area contributed by atoms with E-state index in [1.807, 2.05) is 12.4 Å². The minimum Gasteiger partial charge on any atom is -0.324 e. The van der Waals surface area contributed by atoms with Crippen molar-refractivity contribution in [3.63, 3.8) is 0 Å². The summed E-state index contributed by atoms with van der Waals surface area (Å²) in [6.07, 6.45) is 10.0. The molecule has 0 radical (unpaired) electrons. The molecule has 8 heteroatoms. The van der Waals surface area contributed by atoms with E-state index in [-0.39, 0.29) is 0 Å². The van der Waals surface area contributed by atoms with Gasteiger partial charge in [0.1, 0.15) is 5.82 Å². The number of hydrogen-bond donors (Lipinski definition) is 3. The summed E-state index contributed by atoms with van der Waals surface area (Å²) in [7, 11) is 0. The van der Waals surface area contributed by atoms with Crippen LogP contribution >= 0.6 is 0 Å². The molecule has 1 aliphatic heterocycles. The van der Waals surface area contributed by atoms with Crippen molar-refractivity contribution >= 4 is 22.8 Å². The first-order valence-corrected chi connectivity index (χ1v) is 12.0. The van der Waals surface area contributed by atoms with Gasteiger partial charge in [-0.05, 0) is 54.2 Å². The number of nitrogens with one attached hydrogen (secondary N) is 3. The standard InChI is InChI=1S/C25H30N8/c1-2-18(3-1)16-33-17-21(14-28-33)20-4-5-22-23(13-20)30-25(29-22)31-24-12-19(6-7-27-24)15-32-10-8-26-9-11-32/h4-7,12-14,17-18,26H,1-3,8-11,15-16H2,(H2,27,29,30,31). The Morgan fingerprint density at radius 2 is 1.97 bits per heavy atom. The molecule has 0 amide bonds. The zero-order valence-corrected chi connectivity index (χ0v) is 18.8. The van der Waals surface area contributed by atoms with Crippen molar-refractivity contribution in [3.05, 3.63) is 54.5 Å². The maximum absolute atomic E-state index is 4.71. The number of imidazole rings is 1. The summed E-state index contributed by atoms with van der Waals surface area (Å²) in [5, 5.41) is 11.3. The molecule has 1 saturated carbocycles. The lowest BCUT2D eigenvalue weighted by atomic mass is 9.85. The zero-order chi connectivity index (χ0) is 22.0. The number of nitrogens with zero attached hydrogens (tertiary/aromatic N) is 5. The molecule has 2 aliphatic rings. The van der Waals surface area contributed by atoms with Gasteiger partial charge in [-0.25, -0.2) is 9.97 Å². The highest BCUT2D eigenvalue weighted by Gasteiger charge is 2.18. The number of pyridine rings is 1. The lowest BCUT2D eigenvalue weighted by molar-refractivity contribution is 0.233. The minimum atomic E-state index is 0.703. The first-order chi connectivity index (χ1) is 16.3. The number of hydrogen-bond acceptors (Lipinski definition) is 6. The number of piperazine rings is 1. The van der Waals surface area contributed by atoms with E-state index in [4.69, 9.17) is 4.98 Å². The molecule has 3 N–H and O–H groups in total. The molecule has 0 unspecified atom stereocenters.